The average Bonchev–Trinajstić information content (AvgIpc) is 2.27. The van der Waals surface area contributed by atoms with Crippen molar-refractivity contribution in [3.8, 4) is 0 Å². The number of rotatable bonds is 4. The highest BCUT2D eigenvalue weighted by molar-refractivity contribution is 7.99. The van der Waals surface area contributed by atoms with Crippen LogP contribution in [0.4, 0.5) is 0 Å². The standard InChI is InChI=1S/C11H16N2O2S/c1-8-5-12-10(13-6-8)16-7-11(2,3)9(14)15-4/h5-6H,7H2,1-4H3. The lowest BCUT2D eigenvalue weighted by Gasteiger charge is -2.19. The van der Waals surface area contributed by atoms with Gasteiger partial charge >= 0.3 is 5.97 Å². The minimum atomic E-state index is -0.520. The van der Waals surface area contributed by atoms with Crippen LogP contribution < -0.4 is 0 Å². The molecule has 1 heterocycles. The van der Waals surface area contributed by atoms with Crippen LogP contribution in [0.15, 0.2) is 17.6 Å². The highest BCUT2D eigenvalue weighted by Gasteiger charge is 2.29. The number of methoxy groups -OCH3 is 1. The van der Waals surface area contributed by atoms with Crippen LogP contribution in [-0.2, 0) is 9.53 Å². The van der Waals surface area contributed by atoms with Gasteiger partial charge in [-0.25, -0.2) is 9.97 Å². The summed E-state index contributed by atoms with van der Waals surface area (Å²) in [6.45, 7) is 5.63. The summed E-state index contributed by atoms with van der Waals surface area (Å²) in [5.41, 5.74) is 0.504. The van der Waals surface area contributed by atoms with Gasteiger partial charge in [0.25, 0.3) is 0 Å². The monoisotopic (exact) mass is 240 g/mol. The molecule has 0 aliphatic rings. The van der Waals surface area contributed by atoms with E-state index in [9.17, 15) is 4.79 Å². The Morgan fingerprint density at radius 3 is 2.50 bits per heavy atom. The first-order chi connectivity index (χ1) is 7.45. The van der Waals surface area contributed by atoms with Crippen molar-refractivity contribution in [1.29, 1.82) is 0 Å². The summed E-state index contributed by atoms with van der Waals surface area (Å²) in [6.07, 6.45) is 3.53. The second-order valence-corrected chi connectivity index (χ2v) is 5.15. The van der Waals surface area contributed by atoms with Gasteiger partial charge in [0.05, 0.1) is 12.5 Å². The molecule has 1 aromatic heterocycles. The van der Waals surface area contributed by atoms with Crippen molar-refractivity contribution in [3.63, 3.8) is 0 Å². The fraction of sp³-hybridized carbons (Fsp3) is 0.545. The average molecular weight is 240 g/mol. The smallest absolute Gasteiger partial charge is 0.312 e. The number of hydrogen-bond acceptors (Lipinski definition) is 5. The molecule has 0 aromatic carbocycles. The van der Waals surface area contributed by atoms with Crippen molar-refractivity contribution < 1.29 is 9.53 Å². The Kier molecular flexibility index (Phi) is 4.29. The van der Waals surface area contributed by atoms with E-state index in [0.29, 0.717) is 10.9 Å². The van der Waals surface area contributed by atoms with Crippen molar-refractivity contribution in [2.45, 2.75) is 25.9 Å². The van der Waals surface area contributed by atoms with E-state index in [1.54, 1.807) is 12.4 Å². The van der Waals surface area contributed by atoms with Crippen LogP contribution in [0.5, 0.6) is 0 Å². The second-order valence-electron chi connectivity index (χ2n) is 4.21. The van der Waals surface area contributed by atoms with Crippen molar-refractivity contribution in [2.24, 2.45) is 5.41 Å². The Bertz CT molecular complexity index is 363. The second kappa shape index (κ2) is 5.30. The molecule has 0 spiro atoms. The first-order valence-corrected chi connectivity index (χ1v) is 5.94. The van der Waals surface area contributed by atoms with Gasteiger partial charge in [-0.2, -0.15) is 0 Å². The molecule has 0 saturated carbocycles. The highest BCUT2D eigenvalue weighted by Crippen LogP contribution is 2.26. The van der Waals surface area contributed by atoms with Gasteiger partial charge in [-0.3, -0.25) is 4.79 Å². The van der Waals surface area contributed by atoms with Gasteiger partial charge < -0.3 is 4.74 Å². The van der Waals surface area contributed by atoms with Crippen LogP contribution in [0.25, 0.3) is 0 Å². The fourth-order valence-corrected chi connectivity index (χ4v) is 1.90. The lowest BCUT2D eigenvalue weighted by Crippen LogP contribution is -2.28. The molecule has 0 radical (unpaired) electrons. The molecule has 0 unspecified atom stereocenters. The summed E-state index contributed by atoms with van der Waals surface area (Å²) in [7, 11) is 1.40. The molecule has 0 N–H and O–H groups in total. The van der Waals surface area contributed by atoms with Crippen LogP contribution in [0.2, 0.25) is 0 Å². The molecular formula is C11H16N2O2S. The van der Waals surface area contributed by atoms with Crippen molar-refractivity contribution in [3.05, 3.63) is 18.0 Å². The van der Waals surface area contributed by atoms with Crippen LogP contribution in [0, 0.1) is 12.3 Å². The minimum absolute atomic E-state index is 0.216. The van der Waals surface area contributed by atoms with E-state index in [2.05, 4.69) is 9.97 Å². The zero-order chi connectivity index (χ0) is 12.2. The van der Waals surface area contributed by atoms with Crippen LogP contribution >= 0.6 is 11.8 Å². The molecule has 0 fully saturated rings. The Balaban J connectivity index is 2.57. The summed E-state index contributed by atoms with van der Waals surface area (Å²) >= 11 is 1.46. The van der Waals surface area contributed by atoms with Gasteiger partial charge in [-0.1, -0.05) is 11.8 Å². The highest BCUT2D eigenvalue weighted by atomic mass is 32.2. The minimum Gasteiger partial charge on any atom is -0.469 e. The quantitative estimate of drug-likeness (QED) is 0.458. The molecule has 1 rings (SSSR count). The molecule has 0 aliphatic heterocycles. The predicted octanol–water partition coefficient (Wildman–Crippen LogP) is 2.08. The number of aryl methyl sites for hydroxylation is 1. The Morgan fingerprint density at radius 2 is 2.00 bits per heavy atom. The molecule has 16 heavy (non-hydrogen) atoms. The number of carbonyl (C=O) groups excluding carboxylic acids is 1. The van der Waals surface area contributed by atoms with Gasteiger partial charge in [0.15, 0.2) is 5.16 Å². The molecule has 0 aliphatic carbocycles. The zero-order valence-corrected chi connectivity index (χ0v) is 10.8. The molecule has 0 bridgehead atoms. The van der Waals surface area contributed by atoms with E-state index in [0.717, 1.165) is 5.56 Å². The summed E-state index contributed by atoms with van der Waals surface area (Å²) in [5.74, 6) is 0.384. The first-order valence-electron chi connectivity index (χ1n) is 4.95. The van der Waals surface area contributed by atoms with Gasteiger partial charge in [0.2, 0.25) is 0 Å². The SMILES string of the molecule is COC(=O)C(C)(C)CSc1ncc(C)cn1. The van der Waals surface area contributed by atoms with Crippen LogP contribution in [0.3, 0.4) is 0 Å². The van der Waals surface area contributed by atoms with E-state index in [-0.39, 0.29) is 5.97 Å². The molecule has 0 amide bonds. The lowest BCUT2D eigenvalue weighted by molar-refractivity contribution is -0.149. The number of thioether (sulfide) groups is 1. The van der Waals surface area contributed by atoms with E-state index in [1.807, 2.05) is 20.8 Å². The zero-order valence-electron chi connectivity index (χ0n) is 9.98. The molecule has 5 heteroatoms. The summed E-state index contributed by atoms with van der Waals surface area (Å²) in [6, 6.07) is 0. The molecule has 88 valence electrons. The van der Waals surface area contributed by atoms with E-state index >= 15 is 0 Å². The third kappa shape index (κ3) is 3.48. The largest absolute Gasteiger partial charge is 0.469 e. The van der Waals surface area contributed by atoms with E-state index < -0.39 is 5.41 Å². The molecule has 0 atom stereocenters. The molecular weight excluding hydrogens is 224 g/mol. The van der Waals surface area contributed by atoms with Crippen molar-refractivity contribution >= 4 is 17.7 Å². The maximum absolute atomic E-state index is 11.4. The summed E-state index contributed by atoms with van der Waals surface area (Å²) in [4.78, 5) is 19.8. The van der Waals surface area contributed by atoms with Gasteiger partial charge in [-0.05, 0) is 26.3 Å². The number of carbonyl (C=O) groups is 1. The fourth-order valence-electron chi connectivity index (χ4n) is 1.04. The van der Waals surface area contributed by atoms with Crippen LogP contribution in [-0.4, -0.2) is 28.8 Å². The van der Waals surface area contributed by atoms with Crippen molar-refractivity contribution in [2.75, 3.05) is 12.9 Å². The van der Waals surface area contributed by atoms with E-state index in [4.69, 9.17) is 4.74 Å². The summed E-state index contributed by atoms with van der Waals surface area (Å²) < 4.78 is 4.73. The maximum Gasteiger partial charge on any atom is 0.312 e. The topological polar surface area (TPSA) is 52.1 Å². The van der Waals surface area contributed by atoms with Gasteiger partial charge in [-0.15, -0.1) is 0 Å². The molecule has 1 aromatic rings. The Labute approximate surface area is 99.8 Å². The maximum atomic E-state index is 11.4. The number of esters is 1. The normalized spacial score (nSPS) is 11.2. The Hall–Kier alpha value is -1.10. The van der Waals surface area contributed by atoms with Crippen molar-refractivity contribution in [1.82, 2.24) is 9.97 Å². The first kappa shape index (κ1) is 13.0. The Morgan fingerprint density at radius 1 is 1.44 bits per heavy atom. The van der Waals surface area contributed by atoms with Gasteiger partial charge in [0, 0.05) is 18.1 Å². The molecule has 4 nitrogen and oxygen atoms in total. The number of nitrogens with zero attached hydrogens (tertiary/aromatic N) is 2. The predicted molar refractivity (Wildman–Crippen MR) is 63.3 cm³/mol. The third-order valence-corrected chi connectivity index (χ3v) is 3.39. The third-order valence-electron chi connectivity index (χ3n) is 2.06. The van der Waals surface area contributed by atoms with E-state index in [1.165, 1.54) is 18.9 Å². The number of aromatic nitrogens is 2. The molecule has 0 saturated heterocycles. The summed E-state index contributed by atoms with van der Waals surface area (Å²) in [5, 5.41) is 0.683. The number of hydrogen-bond donors (Lipinski definition) is 0. The lowest BCUT2D eigenvalue weighted by atomic mass is 9.97. The number of ether oxygens (including phenoxy) is 1. The van der Waals surface area contributed by atoms with Crippen LogP contribution in [0.1, 0.15) is 19.4 Å². The van der Waals surface area contributed by atoms with Gasteiger partial charge in [0.1, 0.15) is 0 Å².